The summed E-state index contributed by atoms with van der Waals surface area (Å²) in [6.07, 6.45) is 1.74. The Morgan fingerprint density at radius 2 is 1.89 bits per heavy atom. The van der Waals surface area contributed by atoms with Gasteiger partial charge in [0.05, 0.1) is 24.3 Å². The number of nitrogens with zero attached hydrogens (tertiary/aromatic N) is 1. The summed E-state index contributed by atoms with van der Waals surface area (Å²) in [5.41, 5.74) is 2.04. The van der Waals surface area contributed by atoms with Gasteiger partial charge in [-0.25, -0.2) is 4.39 Å². The third kappa shape index (κ3) is 5.52. The molecule has 0 spiro atoms. The lowest BCUT2D eigenvalue weighted by atomic mass is 10.1. The van der Waals surface area contributed by atoms with Crippen LogP contribution in [0.15, 0.2) is 71.6 Å². The van der Waals surface area contributed by atoms with Crippen molar-refractivity contribution in [1.29, 1.82) is 0 Å². The Morgan fingerprint density at radius 3 is 2.60 bits per heavy atom. The monoisotopic (exact) mass is 508 g/mol. The van der Waals surface area contributed by atoms with Gasteiger partial charge >= 0.3 is 0 Å². The van der Waals surface area contributed by atoms with Gasteiger partial charge < -0.3 is 14.8 Å². The molecule has 3 aromatic carbocycles. The molecule has 1 heterocycles. The van der Waals surface area contributed by atoms with E-state index >= 15 is 0 Å². The first kappa shape index (κ1) is 24.4. The standard InChI is InChI=1S/C26H21FN2O4S2/c1-3-33-22-13-16(7-12-21(22)32-2)14-23-25(31)29(26(34)35-23)20-6-4-5-17(15-20)24(30)28-19-10-8-18(27)9-11-19/h4-15H,3H2,1-2H3,(H,28,30)/b23-14+. The number of carbonyl (C=O) groups is 2. The number of ether oxygens (including phenoxy) is 2. The van der Waals surface area contributed by atoms with Crippen molar-refractivity contribution < 1.29 is 23.5 Å². The molecule has 6 nitrogen and oxygen atoms in total. The van der Waals surface area contributed by atoms with Crippen LogP contribution in [0.1, 0.15) is 22.8 Å². The van der Waals surface area contributed by atoms with E-state index in [9.17, 15) is 14.0 Å². The van der Waals surface area contributed by atoms with E-state index in [0.29, 0.717) is 44.3 Å². The van der Waals surface area contributed by atoms with Crippen molar-refractivity contribution in [2.24, 2.45) is 0 Å². The normalized spacial score (nSPS) is 14.4. The van der Waals surface area contributed by atoms with E-state index in [1.165, 1.54) is 40.9 Å². The molecule has 3 aromatic rings. The summed E-state index contributed by atoms with van der Waals surface area (Å²) in [5.74, 6) is 0.119. The number of amides is 2. The van der Waals surface area contributed by atoms with Gasteiger partial charge in [-0.15, -0.1) is 0 Å². The van der Waals surface area contributed by atoms with Gasteiger partial charge in [0.1, 0.15) is 5.82 Å². The van der Waals surface area contributed by atoms with E-state index in [1.54, 1.807) is 49.6 Å². The van der Waals surface area contributed by atoms with E-state index in [2.05, 4.69) is 5.32 Å². The summed E-state index contributed by atoms with van der Waals surface area (Å²) in [6.45, 7) is 2.36. The van der Waals surface area contributed by atoms with Gasteiger partial charge in [0.25, 0.3) is 11.8 Å². The number of thioether (sulfide) groups is 1. The number of thiocarbonyl (C=S) groups is 1. The highest BCUT2D eigenvalue weighted by atomic mass is 32.2. The van der Waals surface area contributed by atoms with Crippen LogP contribution in [0.2, 0.25) is 0 Å². The van der Waals surface area contributed by atoms with Crippen LogP contribution in [-0.2, 0) is 4.79 Å². The van der Waals surface area contributed by atoms with Crippen LogP contribution < -0.4 is 19.7 Å². The van der Waals surface area contributed by atoms with E-state index in [0.717, 1.165) is 5.56 Å². The summed E-state index contributed by atoms with van der Waals surface area (Å²) >= 11 is 6.65. The van der Waals surface area contributed by atoms with Crippen LogP contribution in [0.25, 0.3) is 6.08 Å². The summed E-state index contributed by atoms with van der Waals surface area (Å²) in [5, 5.41) is 2.71. The maximum Gasteiger partial charge on any atom is 0.270 e. The van der Waals surface area contributed by atoms with Crippen molar-refractivity contribution in [2.45, 2.75) is 6.92 Å². The molecule has 178 valence electrons. The molecule has 9 heteroatoms. The predicted molar refractivity (Wildman–Crippen MR) is 141 cm³/mol. The number of benzene rings is 3. The fourth-order valence-corrected chi connectivity index (χ4v) is 4.71. The summed E-state index contributed by atoms with van der Waals surface area (Å²) < 4.78 is 24.4. The first-order valence-corrected chi connectivity index (χ1v) is 11.9. The van der Waals surface area contributed by atoms with Crippen LogP contribution in [0.4, 0.5) is 15.8 Å². The van der Waals surface area contributed by atoms with Crippen LogP contribution >= 0.6 is 24.0 Å². The molecule has 4 rings (SSSR count). The van der Waals surface area contributed by atoms with Gasteiger partial charge in [-0.3, -0.25) is 14.5 Å². The third-order valence-corrected chi connectivity index (χ3v) is 6.35. The largest absolute Gasteiger partial charge is 0.493 e. The second kappa shape index (κ2) is 10.7. The van der Waals surface area contributed by atoms with Gasteiger partial charge in [0.15, 0.2) is 15.8 Å². The second-order valence-electron chi connectivity index (χ2n) is 7.37. The number of anilines is 2. The van der Waals surface area contributed by atoms with Gasteiger partial charge in [0.2, 0.25) is 0 Å². The van der Waals surface area contributed by atoms with Gasteiger partial charge in [-0.2, -0.15) is 0 Å². The van der Waals surface area contributed by atoms with Crippen molar-refractivity contribution in [3.63, 3.8) is 0 Å². The fraction of sp³-hybridized carbons (Fsp3) is 0.115. The molecule has 2 amide bonds. The summed E-state index contributed by atoms with van der Waals surface area (Å²) in [4.78, 5) is 27.8. The Kier molecular flexibility index (Phi) is 7.48. The second-order valence-corrected chi connectivity index (χ2v) is 9.05. The molecule has 1 saturated heterocycles. The van der Waals surface area contributed by atoms with Gasteiger partial charge in [0, 0.05) is 11.3 Å². The maximum atomic E-state index is 13.2. The molecule has 0 radical (unpaired) electrons. The Bertz CT molecular complexity index is 1330. The van der Waals surface area contributed by atoms with Crippen molar-refractivity contribution >= 4 is 57.6 Å². The van der Waals surface area contributed by atoms with Gasteiger partial charge in [-0.05, 0) is 73.2 Å². The highest BCUT2D eigenvalue weighted by Gasteiger charge is 2.33. The SMILES string of the molecule is CCOc1cc(/C=C2/SC(=S)N(c3cccc(C(=O)Nc4ccc(F)cc4)c3)C2=O)ccc1OC. The molecular weight excluding hydrogens is 487 g/mol. The molecule has 1 aliphatic rings. The highest BCUT2D eigenvalue weighted by Crippen LogP contribution is 2.37. The molecule has 0 bridgehead atoms. The number of rotatable bonds is 7. The zero-order chi connectivity index (χ0) is 24.9. The Morgan fingerprint density at radius 1 is 1.11 bits per heavy atom. The zero-order valence-corrected chi connectivity index (χ0v) is 20.5. The lowest BCUT2D eigenvalue weighted by Gasteiger charge is -2.15. The Hall–Kier alpha value is -3.69. The van der Waals surface area contributed by atoms with Crippen molar-refractivity contribution in [3.05, 3.63) is 88.6 Å². The number of carbonyl (C=O) groups excluding carboxylic acids is 2. The number of halogens is 1. The van der Waals surface area contributed by atoms with E-state index in [1.807, 2.05) is 13.0 Å². The first-order chi connectivity index (χ1) is 16.9. The first-order valence-electron chi connectivity index (χ1n) is 10.7. The minimum atomic E-state index is -0.392. The predicted octanol–water partition coefficient (Wildman–Crippen LogP) is 5.89. The molecule has 1 fully saturated rings. The summed E-state index contributed by atoms with van der Waals surface area (Å²) in [7, 11) is 1.57. The molecule has 1 aliphatic heterocycles. The maximum absolute atomic E-state index is 13.2. The number of methoxy groups -OCH3 is 1. The zero-order valence-electron chi connectivity index (χ0n) is 18.9. The van der Waals surface area contributed by atoms with E-state index < -0.39 is 5.82 Å². The quantitative estimate of drug-likeness (QED) is 0.317. The molecule has 0 aromatic heterocycles. The lowest BCUT2D eigenvalue weighted by Crippen LogP contribution is -2.27. The van der Waals surface area contributed by atoms with Crippen LogP contribution in [-0.4, -0.2) is 29.9 Å². The van der Waals surface area contributed by atoms with Crippen molar-refractivity contribution in [2.75, 3.05) is 23.9 Å². The molecule has 1 N–H and O–H groups in total. The average molecular weight is 509 g/mol. The number of hydrogen-bond donors (Lipinski definition) is 1. The smallest absolute Gasteiger partial charge is 0.270 e. The molecular formula is C26H21FN2O4S2. The number of nitrogens with one attached hydrogen (secondary N) is 1. The average Bonchev–Trinajstić information content (AvgIpc) is 3.13. The van der Waals surface area contributed by atoms with E-state index in [4.69, 9.17) is 21.7 Å². The Labute approximate surface area is 211 Å². The summed E-state index contributed by atoms with van der Waals surface area (Å²) in [6, 6.07) is 17.5. The third-order valence-electron chi connectivity index (χ3n) is 5.05. The minimum absolute atomic E-state index is 0.287. The van der Waals surface area contributed by atoms with Crippen molar-refractivity contribution in [1.82, 2.24) is 0 Å². The minimum Gasteiger partial charge on any atom is -0.493 e. The molecule has 0 unspecified atom stereocenters. The molecule has 0 aliphatic carbocycles. The fourth-order valence-electron chi connectivity index (χ4n) is 3.42. The van der Waals surface area contributed by atoms with Crippen molar-refractivity contribution in [3.8, 4) is 11.5 Å². The molecule has 0 atom stereocenters. The van der Waals surface area contributed by atoms with Crippen LogP contribution in [0.5, 0.6) is 11.5 Å². The van der Waals surface area contributed by atoms with E-state index in [-0.39, 0.29) is 11.8 Å². The molecule has 35 heavy (non-hydrogen) atoms. The number of hydrogen-bond acceptors (Lipinski definition) is 6. The van der Waals surface area contributed by atoms with Gasteiger partial charge in [-0.1, -0.05) is 36.1 Å². The lowest BCUT2D eigenvalue weighted by molar-refractivity contribution is -0.113. The van der Waals surface area contributed by atoms with Crippen LogP contribution in [0, 0.1) is 5.82 Å². The van der Waals surface area contributed by atoms with Crippen LogP contribution in [0.3, 0.4) is 0 Å². The highest BCUT2D eigenvalue weighted by molar-refractivity contribution is 8.27. The Balaban J connectivity index is 1.56. The molecule has 0 saturated carbocycles. The topological polar surface area (TPSA) is 67.9 Å².